The predicted octanol–water partition coefficient (Wildman–Crippen LogP) is -6.56. The van der Waals surface area contributed by atoms with Crippen LogP contribution in [0.25, 0.3) is 0 Å². The molecule has 0 unspecified atom stereocenters. The number of hydrogen-bond acceptors (Lipinski definition) is 4. The molecule has 4 N–H and O–H groups in total. The Morgan fingerprint density at radius 3 is 1.00 bits per heavy atom. The van der Waals surface area contributed by atoms with Crippen LogP contribution in [-0.2, 0) is 0 Å². The summed E-state index contributed by atoms with van der Waals surface area (Å²) in [6.45, 7) is 0. The third-order valence-electron chi connectivity index (χ3n) is 0. The van der Waals surface area contributed by atoms with Crippen LogP contribution in [0.2, 0.25) is 0 Å². The van der Waals surface area contributed by atoms with E-state index in [1.807, 2.05) is 0 Å². The van der Waals surface area contributed by atoms with Crippen molar-refractivity contribution in [2.24, 2.45) is 0 Å². The Hall–Kier alpha value is 1.94. The van der Waals surface area contributed by atoms with Gasteiger partial charge >= 0.3 is 38.6 Å². The minimum Gasteiger partial charge on any atom is -1.00 e. The second-order valence-corrected chi connectivity index (χ2v) is 1.80. The predicted molar refractivity (Wildman–Crippen MR) is 36.1 cm³/mol. The molecule has 8 heteroatoms. The summed E-state index contributed by atoms with van der Waals surface area (Å²) in [5, 5.41) is 0. The normalized spacial score (nSPS) is 7.50. The molecule has 0 bridgehead atoms. The van der Waals surface area contributed by atoms with Gasteiger partial charge in [-0.25, -0.2) is 0 Å². The zero-order chi connectivity index (χ0) is 4.50. The van der Waals surface area contributed by atoms with Crippen molar-refractivity contribution in [1.82, 2.24) is 0 Å². The smallest absolute Gasteiger partial charge is 1.00 e. The Morgan fingerprint density at radius 2 is 1.00 bits per heavy atom. The van der Waals surface area contributed by atoms with E-state index in [1.54, 1.807) is 0 Å². The molecule has 8 heavy (non-hydrogen) atoms. The standard InChI is InChI=1S/Al.Na.H4O4Si.H2S.4H/c;;1-5(2,3)4;;;;;/h;;1-4H;1H2;;;;/q;+1;;;;;;-1. The molecule has 0 aromatic heterocycles. The topological polar surface area (TPSA) is 80.9 Å². The average molecular weight is 184 g/mol. The average Bonchev–Trinajstić information content (AvgIpc) is 0.722. The minimum atomic E-state index is -4.61. The van der Waals surface area contributed by atoms with Crippen LogP contribution in [0.1, 0.15) is 1.43 Å². The molecule has 48 valence electrons. The Morgan fingerprint density at radius 1 is 1.00 bits per heavy atom. The van der Waals surface area contributed by atoms with E-state index in [1.165, 1.54) is 0 Å². The monoisotopic (exact) mass is 184 g/mol. The van der Waals surface area contributed by atoms with Crippen molar-refractivity contribution in [3.8, 4) is 0 Å². The van der Waals surface area contributed by atoms with Gasteiger partial charge in [0.1, 0.15) is 0 Å². The maximum Gasteiger partial charge on any atom is 1.00 e. The van der Waals surface area contributed by atoms with Gasteiger partial charge in [-0.05, 0) is 0 Å². The molecule has 0 aliphatic carbocycles. The van der Waals surface area contributed by atoms with Gasteiger partial charge in [0.05, 0.1) is 0 Å². The van der Waals surface area contributed by atoms with E-state index in [9.17, 15) is 0 Å². The van der Waals surface area contributed by atoms with Crippen molar-refractivity contribution in [1.29, 1.82) is 0 Å². The summed E-state index contributed by atoms with van der Waals surface area (Å²) < 4.78 is 0. The van der Waals surface area contributed by atoms with Crippen molar-refractivity contribution in [2.75, 3.05) is 0 Å². The van der Waals surface area contributed by atoms with Crippen molar-refractivity contribution in [3.05, 3.63) is 0 Å². The van der Waals surface area contributed by atoms with Crippen molar-refractivity contribution < 1.29 is 50.2 Å². The zero-order valence-corrected chi connectivity index (χ0v) is 7.79. The Kier molecular flexibility index (Phi) is 25.2. The molecule has 0 fully saturated rings. The molecule has 0 saturated heterocycles. The molecule has 0 aromatic carbocycles. The molecular weight excluding hydrogens is 174 g/mol. The van der Waals surface area contributed by atoms with Crippen LogP contribution in [0, 0.1) is 0 Å². The molecule has 0 atom stereocenters. The van der Waals surface area contributed by atoms with Gasteiger partial charge in [-0.3, -0.25) is 0 Å². The van der Waals surface area contributed by atoms with Crippen molar-refractivity contribution in [2.45, 2.75) is 0 Å². The summed E-state index contributed by atoms with van der Waals surface area (Å²) in [5.74, 6) is 0. The molecular formula is H10AlNaO4SSi. The maximum absolute atomic E-state index is 7.33. The molecule has 0 aliphatic rings. The van der Waals surface area contributed by atoms with Gasteiger partial charge in [0.15, 0.2) is 17.4 Å². The molecule has 0 spiro atoms. The fourth-order valence-electron chi connectivity index (χ4n) is 0. The molecule has 0 amide bonds. The van der Waals surface area contributed by atoms with Crippen molar-refractivity contribution in [3.63, 3.8) is 0 Å². The first-order valence-corrected chi connectivity index (χ1v) is 2.68. The fourth-order valence-corrected chi connectivity index (χ4v) is 0. The van der Waals surface area contributed by atoms with Gasteiger partial charge in [0.2, 0.25) is 0 Å². The molecule has 0 heterocycles. The largest absolute Gasteiger partial charge is 1.00 e. The Bertz CT molecular complexity index is 36.0. The maximum atomic E-state index is 7.33. The Labute approximate surface area is 89.4 Å². The third-order valence-corrected chi connectivity index (χ3v) is 0. The van der Waals surface area contributed by atoms with Crippen LogP contribution < -0.4 is 29.6 Å². The van der Waals surface area contributed by atoms with Gasteiger partial charge in [0, 0.05) is 0 Å². The van der Waals surface area contributed by atoms with E-state index >= 15 is 0 Å². The summed E-state index contributed by atoms with van der Waals surface area (Å²) in [6, 6.07) is 0. The number of rotatable bonds is 0. The van der Waals surface area contributed by atoms with E-state index in [0.29, 0.717) is 0 Å². The van der Waals surface area contributed by atoms with Crippen LogP contribution in [0.3, 0.4) is 0 Å². The SMILES string of the molecule is O[Si](O)(O)O.S.[AlH3].[H-].[Na+]. The zero-order valence-electron chi connectivity index (χ0n) is 4.79. The van der Waals surface area contributed by atoms with E-state index in [-0.39, 0.29) is 61.8 Å². The first-order valence-electron chi connectivity index (χ1n) is 0.894. The van der Waals surface area contributed by atoms with Gasteiger partial charge in [-0.15, -0.1) is 0 Å². The van der Waals surface area contributed by atoms with Crippen LogP contribution in [0.5, 0.6) is 0 Å². The summed E-state index contributed by atoms with van der Waals surface area (Å²) >= 11 is 0. The van der Waals surface area contributed by atoms with Crippen LogP contribution >= 0.6 is 13.5 Å². The third kappa shape index (κ3) is 102. The summed E-state index contributed by atoms with van der Waals surface area (Å²) in [6.07, 6.45) is 0. The van der Waals surface area contributed by atoms with Gasteiger partial charge in [-0.2, -0.15) is 13.5 Å². The minimum absolute atomic E-state index is 0. The summed E-state index contributed by atoms with van der Waals surface area (Å²) in [7, 11) is -4.61. The Balaban J connectivity index is -0.0000000133. The van der Waals surface area contributed by atoms with Gasteiger partial charge in [0.25, 0.3) is 0 Å². The quantitative estimate of drug-likeness (QED) is 0.282. The second kappa shape index (κ2) is 8.94. The van der Waals surface area contributed by atoms with E-state index < -0.39 is 9.05 Å². The first kappa shape index (κ1) is 22.5. The molecule has 0 aromatic rings. The van der Waals surface area contributed by atoms with Crippen LogP contribution in [0.4, 0.5) is 0 Å². The summed E-state index contributed by atoms with van der Waals surface area (Å²) in [4.78, 5) is 29.3. The summed E-state index contributed by atoms with van der Waals surface area (Å²) in [5.41, 5.74) is 0. The second-order valence-electron chi connectivity index (χ2n) is 0.600. The van der Waals surface area contributed by atoms with Gasteiger partial charge < -0.3 is 20.6 Å². The molecule has 0 rings (SSSR count). The van der Waals surface area contributed by atoms with E-state index in [2.05, 4.69) is 0 Å². The molecule has 4 nitrogen and oxygen atoms in total. The molecule has 0 aliphatic heterocycles. The number of hydrogen-bond donors (Lipinski definition) is 4. The first-order chi connectivity index (χ1) is 2.00. The van der Waals surface area contributed by atoms with Crippen LogP contribution in [0.15, 0.2) is 0 Å². The fraction of sp³-hybridized carbons (Fsp3) is 0. The van der Waals surface area contributed by atoms with Crippen LogP contribution in [-0.4, -0.2) is 45.6 Å². The van der Waals surface area contributed by atoms with Crippen molar-refractivity contribution >= 4 is 39.9 Å². The van der Waals surface area contributed by atoms with Gasteiger partial charge in [-0.1, -0.05) is 0 Å². The van der Waals surface area contributed by atoms with E-state index in [4.69, 9.17) is 19.2 Å². The molecule has 0 radical (unpaired) electrons. The molecule has 0 saturated carbocycles. The van der Waals surface area contributed by atoms with E-state index in [0.717, 1.165) is 0 Å².